The van der Waals surface area contributed by atoms with Crippen LogP contribution >= 0.6 is 0 Å². The molecule has 3 aliphatic rings. The van der Waals surface area contributed by atoms with Gasteiger partial charge in [-0.1, -0.05) is 12.1 Å². The second kappa shape index (κ2) is 7.73. The van der Waals surface area contributed by atoms with Gasteiger partial charge in [-0.2, -0.15) is 0 Å². The first-order valence-electron chi connectivity index (χ1n) is 9.79. The Bertz CT molecular complexity index is 846. The Morgan fingerprint density at radius 3 is 2.34 bits per heavy atom. The number of rotatable bonds is 6. The van der Waals surface area contributed by atoms with Gasteiger partial charge in [0.25, 0.3) is 11.6 Å². The molecule has 0 saturated heterocycles. The molecule has 2 saturated carbocycles. The molecule has 0 aromatic heterocycles. The third-order valence-corrected chi connectivity index (χ3v) is 5.79. The first kappa shape index (κ1) is 19.2. The van der Waals surface area contributed by atoms with Crippen molar-refractivity contribution in [1.29, 1.82) is 0 Å². The Balaban J connectivity index is 1.31. The van der Waals surface area contributed by atoms with E-state index in [0.29, 0.717) is 19.6 Å². The highest BCUT2D eigenvalue weighted by Crippen LogP contribution is 2.49. The zero-order chi connectivity index (χ0) is 20.4. The van der Waals surface area contributed by atoms with Gasteiger partial charge in [-0.25, -0.2) is 0 Å². The van der Waals surface area contributed by atoms with Gasteiger partial charge in [0.2, 0.25) is 11.7 Å². The molecule has 1 aliphatic heterocycles. The minimum atomic E-state index is -0.589. The molecule has 0 unspecified atom stereocenters. The fraction of sp³-hybridized carbons (Fsp3) is 0.500. The molecule has 1 aromatic carbocycles. The number of amides is 2. The highest BCUT2D eigenvalue weighted by molar-refractivity contribution is 5.92. The summed E-state index contributed by atoms with van der Waals surface area (Å²) in [6, 6.07) is 6.17. The molecule has 2 N–H and O–H groups in total. The predicted octanol–water partition coefficient (Wildman–Crippen LogP) is 1.67. The van der Waals surface area contributed by atoms with Crippen molar-refractivity contribution in [1.82, 2.24) is 10.6 Å². The van der Waals surface area contributed by atoms with Crippen molar-refractivity contribution in [2.45, 2.75) is 49.6 Å². The molecule has 0 radical (unpaired) electrons. The van der Waals surface area contributed by atoms with Gasteiger partial charge in [0.15, 0.2) is 0 Å². The molecule has 29 heavy (non-hydrogen) atoms. The number of carbonyl (C=O) groups excluding carboxylic acids is 2. The van der Waals surface area contributed by atoms with Gasteiger partial charge in [-0.3, -0.25) is 19.7 Å². The fourth-order valence-corrected chi connectivity index (χ4v) is 3.99. The number of benzene rings is 1. The topological polar surface area (TPSA) is 120 Å². The van der Waals surface area contributed by atoms with Crippen LogP contribution in [0.3, 0.4) is 0 Å². The molecule has 2 aliphatic carbocycles. The van der Waals surface area contributed by atoms with Crippen molar-refractivity contribution >= 4 is 17.5 Å². The van der Waals surface area contributed by atoms with Gasteiger partial charge in [0, 0.05) is 24.2 Å². The second-order valence-electron chi connectivity index (χ2n) is 7.74. The summed E-state index contributed by atoms with van der Waals surface area (Å²) in [6.45, 7) is 0.790. The molecule has 2 amide bonds. The van der Waals surface area contributed by atoms with Crippen molar-refractivity contribution in [3.8, 4) is 0 Å². The van der Waals surface area contributed by atoms with Gasteiger partial charge in [-0.05, 0) is 37.7 Å². The third kappa shape index (κ3) is 4.03. The van der Waals surface area contributed by atoms with E-state index in [0.717, 1.165) is 31.2 Å². The quantitative estimate of drug-likeness (QED) is 0.553. The van der Waals surface area contributed by atoms with Crippen LogP contribution in [0.15, 0.2) is 36.3 Å². The Kier molecular flexibility index (Phi) is 5.12. The summed E-state index contributed by atoms with van der Waals surface area (Å²) in [5.41, 5.74) is 0.237. The predicted molar refractivity (Wildman–Crippen MR) is 102 cm³/mol. The molecule has 1 aromatic rings. The molecule has 0 spiro atoms. The van der Waals surface area contributed by atoms with Crippen LogP contribution in [0.2, 0.25) is 0 Å². The van der Waals surface area contributed by atoms with Crippen LogP contribution in [0, 0.1) is 10.1 Å². The van der Waals surface area contributed by atoms with E-state index in [1.165, 1.54) is 18.4 Å². The van der Waals surface area contributed by atoms with Gasteiger partial charge in [-0.15, -0.1) is 0 Å². The van der Waals surface area contributed by atoms with E-state index >= 15 is 0 Å². The molecule has 9 heteroatoms. The number of ether oxygens (including phenoxy) is 2. The van der Waals surface area contributed by atoms with Crippen LogP contribution in [-0.4, -0.2) is 42.0 Å². The zero-order valence-corrected chi connectivity index (χ0v) is 15.9. The normalized spacial score (nSPS) is 24.5. The Labute approximate surface area is 167 Å². The molecule has 0 bridgehead atoms. The lowest BCUT2D eigenvalue weighted by molar-refractivity contribution is -0.384. The summed E-state index contributed by atoms with van der Waals surface area (Å²) in [7, 11) is 0. The minimum Gasteiger partial charge on any atom is -0.494 e. The van der Waals surface area contributed by atoms with E-state index in [4.69, 9.17) is 9.47 Å². The average molecular weight is 401 g/mol. The highest BCUT2D eigenvalue weighted by atomic mass is 16.6. The third-order valence-electron chi connectivity index (χ3n) is 5.79. The van der Waals surface area contributed by atoms with E-state index in [-0.39, 0.29) is 35.3 Å². The Hall–Kier alpha value is -3.10. The lowest BCUT2D eigenvalue weighted by atomic mass is 9.94. The maximum atomic E-state index is 12.9. The van der Waals surface area contributed by atoms with Crippen molar-refractivity contribution in [3.63, 3.8) is 0 Å². The van der Waals surface area contributed by atoms with E-state index in [2.05, 4.69) is 10.6 Å². The average Bonchev–Trinajstić information content (AvgIpc) is 3.44. The molecular formula is C20H23N3O6. The molecule has 2 fully saturated rings. The maximum Gasteiger partial charge on any atom is 0.289 e. The molecule has 4 rings (SSSR count). The Morgan fingerprint density at radius 2 is 1.76 bits per heavy atom. The first-order chi connectivity index (χ1) is 14.0. The number of non-ortho nitro benzene ring substituents is 1. The van der Waals surface area contributed by atoms with Crippen LogP contribution < -0.4 is 10.6 Å². The number of nitrogens with zero attached hydrogens (tertiary/aromatic N) is 1. The van der Waals surface area contributed by atoms with Gasteiger partial charge in [0.05, 0.1) is 10.3 Å². The SMILES string of the molecule is O=C(N[C@H]1CC[C@@H](NC(=O)C2(c3ccc([N+](=O)[O-])cc3)CC2)C1)C1=COCCO1. The first-order valence-corrected chi connectivity index (χ1v) is 9.79. The van der Waals surface area contributed by atoms with Crippen LogP contribution in [0.25, 0.3) is 0 Å². The number of hydrogen-bond acceptors (Lipinski definition) is 6. The standard InChI is InChI=1S/C20H23N3O6/c24-18(17-12-28-9-10-29-17)21-14-3-4-15(11-14)22-19(25)20(7-8-20)13-1-5-16(6-2-13)23(26)27/h1-2,5-6,12,14-15H,3-4,7-11H2,(H,21,24)(H,22,25)/t14-,15+/m0/s1. The number of carbonyl (C=O) groups is 2. The van der Waals surface area contributed by atoms with Crippen LogP contribution in [0.4, 0.5) is 5.69 Å². The van der Waals surface area contributed by atoms with Crippen LogP contribution in [0.5, 0.6) is 0 Å². The largest absolute Gasteiger partial charge is 0.494 e. The smallest absolute Gasteiger partial charge is 0.289 e. The molecule has 154 valence electrons. The minimum absolute atomic E-state index is 0.0131. The maximum absolute atomic E-state index is 12.9. The van der Waals surface area contributed by atoms with Gasteiger partial charge < -0.3 is 20.1 Å². The van der Waals surface area contributed by atoms with Crippen LogP contribution in [0.1, 0.15) is 37.7 Å². The van der Waals surface area contributed by atoms with Crippen molar-refractivity contribution < 1.29 is 24.0 Å². The van der Waals surface area contributed by atoms with Crippen LogP contribution in [-0.2, 0) is 24.5 Å². The summed E-state index contributed by atoms with van der Waals surface area (Å²) < 4.78 is 10.4. The summed E-state index contributed by atoms with van der Waals surface area (Å²) in [6.07, 6.45) is 5.00. The highest BCUT2D eigenvalue weighted by Gasteiger charge is 2.52. The summed E-state index contributed by atoms with van der Waals surface area (Å²) in [5.74, 6) is -0.167. The monoisotopic (exact) mass is 401 g/mol. The summed E-state index contributed by atoms with van der Waals surface area (Å²) in [5, 5.41) is 16.9. The van der Waals surface area contributed by atoms with E-state index in [9.17, 15) is 19.7 Å². The van der Waals surface area contributed by atoms with E-state index < -0.39 is 10.3 Å². The van der Waals surface area contributed by atoms with Gasteiger partial charge >= 0.3 is 0 Å². The van der Waals surface area contributed by atoms with E-state index in [1.807, 2.05) is 0 Å². The summed E-state index contributed by atoms with van der Waals surface area (Å²) >= 11 is 0. The second-order valence-corrected chi connectivity index (χ2v) is 7.74. The zero-order valence-electron chi connectivity index (χ0n) is 15.9. The summed E-state index contributed by atoms with van der Waals surface area (Å²) in [4.78, 5) is 35.5. The van der Waals surface area contributed by atoms with E-state index in [1.54, 1.807) is 12.1 Å². The molecule has 1 heterocycles. The lowest BCUT2D eigenvalue weighted by Gasteiger charge is -2.20. The number of hydrogen-bond donors (Lipinski definition) is 2. The van der Waals surface area contributed by atoms with Crippen molar-refractivity contribution in [2.75, 3.05) is 13.2 Å². The molecule has 9 nitrogen and oxygen atoms in total. The number of nitro groups is 1. The molecule has 2 atom stereocenters. The van der Waals surface area contributed by atoms with Gasteiger partial charge in [0.1, 0.15) is 19.5 Å². The van der Waals surface area contributed by atoms with Crippen molar-refractivity contribution in [3.05, 3.63) is 52.0 Å². The number of nitro benzene ring substituents is 1. The number of nitrogens with one attached hydrogen (secondary N) is 2. The Morgan fingerprint density at radius 1 is 1.07 bits per heavy atom. The fourth-order valence-electron chi connectivity index (χ4n) is 3.99. The van der Waals surface area contributed by atoms with Crippen molar-refractivity contribution in [2.24, 2.45) is 0 Å². The molecular weight excluding hydrogens is 378 g/mol. The lowest BCUT2D eigenvalue weighted by Crippen LogP contribution is -2.42.